The lowest BCUT2D eigenvalue weighted by atomic mass is 9.96. The fraction of sp³-hybridized carbons (Fsp3) is 0.500. The first-order chi connectivity index (χ1) is 10.7. The standard InChI is InChI=1S/C16H21N3O3/c1-17-15(20)12-6-8-18(9-7-12)10-11-19-13-4-2-3-5-14(13)22-16(19)21/h2-5,12H,6-11H2,1H3,(H,17,20). The van der Waals surface area contributed by atoms with Gasteiger partial charge in [0.1, 0.15) is 0 Å². The first-order valence-electron chi connectivity index (χ1n) is 7.71. The van der Waals surface area contributed by atoms with E-state index in [0.29, 0.717) is 12.1 Å². The average Bonchev–Trinajstić information content (AvgIpc) is 2.88. The number of oxazole rings is 1. The fourth-order valence-electron chi connectivity index (χ4n) is 3.09. The van der Waals surface area contributed by atoms with Gasteiger partial charge in [-0.3, -0.25) is 9.36 Å². The number of aromatic nitrogens is 1. The second-order valence-corrected chi connectivity index (χ2v) is 5.72. The lowest BCUT2D eigenvalue weighted by molar-refractivity contribution is -0.125. The number of nitrogens with one attached hydrogen (secondary N) is 1. The number of fused-ring (bicyclic) bond motifs is 1. The Bertz CT molecular complexity index is 711. The lowest BCUT2D eigenvalue weighted by Crippen LogP contribution is -2.41. The number of para-hydroxylation sites is 2. The molecular weight excluding hydrogens is 282 g/mol. The van der Waals surface area contributed by atoms with Crippen LogP contribution in [0.3, 0.4) is 0 Å². The number of piperidine rings is 1. The Labute approximate surface area is 128 Å². The molecule has 1 aromatic carbocycles. The van der Waals surface area contributed by atoms with Crippen molar-refractivity contribution in [2.24, 2.45) is 5.92 Å². The molecule has 2 heterocycles. The SMILES string of the molecule is CNC(=O)C1CCN(CCn2c(=O)oc3ccccc32)CC1. The topological polar surface area (TPSA) is 67.5 Å². The number of hydrogen-bond donors (Lipinski definition) is 1. The highest BCUT2D eigenvalue weighted by Crippen LogP contribution is 2.17. The van der Waals surface area contributed by atoms with Gasteiger partial charge >= 0.3 is 5.76 Å². The van der Waals surface area contributed by atoms with Crippen LogP contribution in [0, 0.1) is 5.92 Å². The predicted molar refractivity (Wildman–Crippen MR) is 83.7 cm³/mol. The Morgan fingerprint density at radius 1 is 1.27 bits per heavy atom. The van der Waals surface area contributed by atoms with E-state index in [1.807, 2.05) is 24.3 Å². The van der Waals surface area contributed by atoms with E-state index in [-0.39, 0.29) is 17.6 Å². The summed E-state index contributed by atoms with van der Waals surface area (Å²) >= 11 is 0. The van der Waals surface area contributed by atoms with Gasteiger partial charge in [-0.15, -0.1) is 0 Å². The van der Waals surface area contributed by atoms with Crippen LogP contribution in [0.5, 0.6) is 0 Å². The van der Waals surface area contributed by atoms with Crippen LogP contribution in [-0.2, 0) is 11.3 Å². The maximum atomic E-state index is 11.9. The highest BCUT2D eigenvalue weighted by molar-refractivity contribution is 5.78. The molecule has 1 aliphatic rings. The lowest BCUT2D eigenvalue weighted by Gasteiger charge is -2.30. The number of carbonyl (C=O) groups excluding carboxylic acids is 1. The third-order valence-electron chi connectivity index (χ3n) is 4.42. The fourth-order valence-corrected chi connectivity index (χ4v) is 3.09. The van der Waals surface area contributed by atoms with Gasteiger partial charge in [0, 0.05) is 26.1 Å². The number of amides is 1. The maximum absolute atomic E-state index is 11.9. The van der Waals surface area contributed by atoms with E-state index in [4.69, 9.17) is 4.42 Å². The van der Waals surface area contributed by atoms with Crippen molar-refractivity contribution in [2.75, 3.05) is 26.7 Å². The molecular formula is C16H21N3O3. The summed E-state index contributed by atoms with van der Waals surface area (Å²) in [6.07, 6.45) is 1.75. The van der Waals surface area contributed by atoms with Gasteiger partial charge in [-0.05, 0) is 38.1 Å². The highest BCUT2D eigenvalue weighted by atomic mass is 16.4. The molecule has 0 bridgehead atoms. The molecule has 0 atom stereocenters. The zero-order valence-corrected chi connectivity index (χ0v) is 12.7. The zero-order valence-electron chi connectivity index (χ0n) is 12.7. The van der Waals surface area contributed by atoms with Crippen molar-refractivity contribution in [3.8, 4) is 0 Å². The molecule has 0 saturated carbocycles. The summed E-state index contributed by atoms with van der Waals surface area (Å²) in [6.45, 7) is 3.19. The van der Waals surface area contributed by atoms with E-state index in [1.165, 1.54) is 0 Å². The number of nitrogens with zero attached hydrogens (tertiary/aromatic N) is 2. The summed E-state index contributed by atoms with van der Waals surface area (Å²) in [6, 6.07) is 7.47. The number of likely N-dealkylation sites (tertiary alicyclic amines) is 1. The first-order valence-corrected chi connectivity index (χ1v) is 7.71. The maximum Gasteiger partial charge on any atom is 0.419 e. The molecule has 6 nitrogen and oxygen atoms in total. The van der Waals surface area contributed by atoms with Crippen LogP contribution in [0.1, 0.15) is 12.8 Å². The van der Waals surface area contributed by atoms with Crippen molar-refractivity contribution in [1.29, 1.82) is 0 Å². The molecule has 0 aliphatic carbocycles. The van der Waals surface area contributed by atoms with Crippen LogP contribution in [0.15, 0.2) is 33.5 Å². The summed E-state index contributed by atoms with van der Waals surface area (Å²) in [7, 11) is 1.69. The van der Waals surface area contributed by atoms with Crippen molar-refractivity contribution in [3.63, 3.8) is 0 Å². The van der Waals surface area contributed by atoms with Crippen LogP contribution < -0.4 is 11.1 Å². The molecule has 0 radical (unpaired) electrons. The molecule has 1 aliphatic heterocycles. The number of carbonyl (C=O) groups is 1. The summed E-state index contributed by atoms with van der Waals surface area (Å²) in [5, 5.41) is 2.72. The Balaban J connectivity index is 1.60. The molecule has 22 heavy (non-hydrogen) atoms. The minimum Gasteiger partial charge on any atom is -0.408 e. The summed E-state index contributed by atoms with van der Waals surface area (Å²) < 4.78 is 6.92. The van der Waals surface area contributed by atoms with Crippen LogP contribution in [0.4, 0.5) is 0 Å². The number of hydrogen-bond acceptors (Lipinski definition) is 4. The molecule has 1 saturated heterocycles. The third-order valence-corrected chi connectivity index (χ3v) is 4.42. The highest BCUT2D eigenvalue weighted by Gasteiger charge is 2.24. The van der Waals surface area contributed by atoms with Gasteiger partial charge in [0.05, 0.1) is 5.52 Å². The quantitative estimate of drug-likeness (QED) is 0.917. The van der Waals surface area contributed by atoms with Crippen molar-refractivity contribution in [2.45, 2.75) is 19.4 Å². The zero-order chi connectivity index (χ0) is 15.5. The Hall–Kier alpha value is -2.08. The van der Waals surface area contributed by atoms with Gasteiger partial charge in [-0.2, -0.15) is 0 Å². The van der Waals surface area contributed by atoms with Crippen molar-refractivity contribution < 1.29 is 9.21 Å². The van der Waals surface area contributed by atoms with Crippen molar-refractivity contribution in [1.82, 2.24) is 14.8 Å². The first kappa shape index (κ1) is 14.8. The molecule has 1 fully saturated rings. The van der Waals surface area contributed by atoms with E-state index >= 15 is 0 Å². The van der Waals surface area contributed by atoms with Crippen LogP contribution >= 0.6 is 0 Å². The van der Waals surface area contributed by atoms with Gasteiger partial charge < -0.3 is 14.6 Å². The van der Waals surface area contributed by atoms with Crippen molar-refractivity contribution in [3.05, 3.63) is 34.8 Å². The van der Waals surface area contributed by atoms with Gasteiger partial charge in [0.2, 0.25) is 5.91 Å². The van der Waals surface area contributed by atoms with Gasteiger partial charge in [-0.25, -0.2) is 4.79 Å². The minimum absolute atomic E-state index is 0.124. The van der Waals surface area contributed by atoms with E-state index in [9.17, 15) is 9.59 Å². The summed E-state index contributed by atoms with van der Waals surface area (Å²) in [5.41, 5.74) is 1.47. The molecule has 1 amide bonds. The van der Waals surface area contributed by atoms with Gasteiger partial charge in [0.25, 0.3) is 0 Å². The normalized spacial score (nSPS) is 17.0. The van der Waals surface area contributed by atoms with E-state index in [2.05, 4.69) is 10.2 Å². The van der Waals surface area contributed by atoms with E-state index in [1.54, 1.807) is 11.6 Å². The van der Waals surface area contributed by atoms with Crippen LogP contribution in [0.25, 0.3) is 11.1 Å². The molecule has 0 unspecified atom stereocenters. The average molecular weight is 303 g/mol. The van der Waals surface area contributed by atoms with Crippen molar-refractivity contribution >= 4 is 17.0 Å². The smallest absolute Gasteiger partial charge is 0.408 e. The van der Waals surface area contributed by atoms with Crippen LogP contribution in [0.2, 0.25) is 0 Å². The van der Waals surface area contributed by atoms with Crippen LogP contribution in [-0.4, -0.2) is 42.1 Å². The Morgan fingerprint density at radius 2 is 2.00 bits per heavy atom. The second-order valence-electron chi connectivity index (χ2n) is 5.72. The van der Waals surface area contributed by atoms with E-state index in [0.717, 1.165) is 38.0 Å². The largest absolute Gasteiger partial charge is 0.419 e. The monoisotopic (exact) mass is 303 g/mol. The summed E-state index contributed by atoms with van der Waals surface area (Å²) in [5.74, 6) is -0.0446. The van der Waals surface area contributed by atoms with Gasteiger partial charge in [-0.1, -0.05) is 12.1 Å². The predicted octanol–water partition coefficient (Wildman–Crippen LogP) is 1.05. The summed E-state index contributed by atoms with van der Waals surface area (Å²) in [4.78, 5) is 25.8. The minimum atomic E-state index is -0.304. The molecule has 118 valence electrons. The molecule has 1 aromatic heterocycles. The molecule has 1 N–H and O–H groups in total. The molecule has 3 rings (SSSR count). The number of rotatable bonds is 4. The molecule has 6 heteroatoms. The Morgan fingerprint density at radius 3 is 2.73 bits per heavy atom. The Kier molecular flexibility index (Phi) is 4.29. The third kappa shape index (κ3) is 2.92. The molecule has 0 spiro atoms. The second kappa shape index (κ2) is 6.36. The number of benzene rings is 1. The molecule has 2 aromatic rings. The van der Waals surface area contributed by atoms with Gasteiger partial charge in [0.15, 0.2) is 5.58 Å². The van der Waals surface area contributed by atoms with E-state index < -0.39 is 0 Å².